The van der Waals surface area contributed by atoms with E-state index in [2.05, 4.69) is 58.6 Å². The van der Waals surface area contributed by atoms with Crippen LogP contribution in [0.25, 0.3) is 0 Å². The van der Waals surface area contributed by atoms with Crippen LogP contribution in [-0.4, -0.2) is 15.2 Å². The molecule has 0 saturated heterocycles. The van der Waals surface area contributed by atoms with Crippen LogP contribution < -0.4 is 5.32 Å². The van der Waals surface area contributed by atoms with E-state index in [-0.39, 0.29) is 0 Å². The van der Waals surface area contributed by atoms with Crippen LogP contribution in [0.3, 0.4) is 0 Å². The lowest BCUT2D eigenvalue weighted by molar-refractivity contribution is 0.645. The highest BCUT2D eigenvalue weighted by Crippen LogP contribution is 2.09. The zero-order chi connectivity index (χ0) is 12.8. The Bertz CT molecular complexity index is 445. The van der Waals surface area contributed by atoms with Gasteiger partial charge in [0.05, 0.1) is 6.54 Å². The molecule has 2 aromatic rings. The number of nitrogens with one attached hydrogen (secondary N) is 2. The molecule has 0 spiro atoms. The van der Waals surface area contributed by atoms with Gasteiger partial charge in [0, 0.05) is 6.54 Å². The molecule has 0 fully saturated rings. The van der Waals surface area contributed by atoms with E-state index in [0.29, 0.717) is 12.5 Å². The van der Waals surface area contributed by atoms with Crippen LogP contribution in [0.1, 0.15) is 30.8 Å². The van der Waals surface area contributed by atoms with E-state index in [9.17, 15) is 0 Å². The van der Waals surface area contributed by atoms with Crippen LogP contribution in [0.5, 0.6) is 0 Å². The predicted molar refractivity (Wildman–Crippen MR) is 71.9 cm³/mol. The number of aromatic amines is 1. The maximum absolute atomic E-state index is 4.07. The van der Waals surface area contributed by atoms with Crippen molar-refractivity contribution in [3.63, 3.8) is 0 Å². The van der Waals surface area contributed by atoms with E-state index >= 15 is 0 Å². The summed E-state index contributed by atoms with van der Waals surface area (Å²) in [5, 5.41) is 9.97. The average molecular weight is 244 g/mol. The average Bonchev–Trinajstić information content (AvgIpc) is 2.84. The first-order valence-electron chi connectivity index (χ1n) is 6.37. The second kappa shape index (κ2) is 6.31. The summed E-state index contributed by atoms with van der Waals surface area (Å²) < 4.78 is 0. The van der Waals surface area contributed by atoms with Crippen molar-refractivity contribution in [1.29, 1.82) is 0 Å². The maximum Gasteiger partial charge on any atom is 0.138 e. The largest absolute Gasteiger partial charge is 0.306 e. The van der Waals surface area contributed by atoms with Crippen LogP contribution >= 0.6 is 0 Å². The molecular formula is C14H20N4. The van der Waals surface area contributed by atoms with Gasteiger partial charge < -0.3 is 5.32 Å². The van der Waals surface area contributed by atoms with E-state index in [1.165, 1.54) is 17.5 Å². The summed E-state index contributed by atoms with van der Waals surface area (Å²) in [5.41, 5.74) is 2.70. The molecule has 1 heterocycles. The van der Waals surface area contributed by atoms with Crippen molar-refractivity contribution >= 4 is 0 Å². The minimum Gasteiger partial charge on any atom is -0.306 e. The second-order valence-corrected chi connectivity index (χ2v) is 4.95. The Balaban J connectivity index is 1.79. The van der Waals surface area contributed by atoms with Crippen LogP contribution in [0, 0.1) is 5.92 Å². The molecule has 1 aromatic carbocycles. The molecule has 96 valence electrons. The normalized spacial score (nSPS) is 11.1. The zero-order valence-electron chi connectivity index (χ0n) is 11.0. The first kappa shape index (κ1) is 12.8. The van der Waals surface area contributed by atoms with Crippen molar-refractivity contribution < 1.29 is 0 Å². The molecule has 0 radical (unpaired) electrons. The van der Waals surface area contributed by atoms with Gasteiger partial charge in [-0.05, 0) is 23.5 Å². The Kier molecular flexibility index (Phi) is 4.47. The molecule has 0 amide bonds. The first-order valence-corrected chi connectivity index (χ1v) is 6.37. The third-order valence-corrected chi connectivity index (χ3v) is 2.75. The number of hydrogen-bond acceptors (Lipinski definition) is 3. The molecule has 2 rings (SSSR count). The molecule has 4 nitrogen and oxygen atoms in total. The molecule has 0 bridgehead atoms. The lowest BCUT2D eigenvalue weighted by Crippen LogP contribution is -2.13. The van der Waals surface area contributed by atoms with Gasteiger partial charge in [0.2, 0.25) is 0 Å². The lowest BCUT2D eigenvalue weighted by Gasteiger charge is -2.07. The number of H-pyrrole nitrogens is 1. The van der Waals surface area contributed by atoms with Gasteiger partial charge in [-0.15, -0.1) is 0 Å². The smallest absolute Gasteiger partial charge is 0.138 e. The number of benzene rings is 1. The van der Waals surface area contributed by atoms with Crippen LogP contribution in [0.15, 0.2) is 30.6 Å². The summed E-state index contributed by atoms with van der Waals surface area (Å²) in [6.45, 7) is 6.05. The molecule has 1 aromatic heterocycles. The SMILES string of the molecule is CC(C)Cc1ccc(CNCc2ncn[nH]2)cc1. The fraction of sp³-hybridized carbons (Fsp3) is 0.429. The molecule has 0 unspecified atom stereocenters. The van der Waals surface area contributed by atoms with E-state index in [1.807, 2.05) is 0 Å². The van der Waals surface area contributed by atoms with Gasteiger partial charge in [-0.1, -0.05) is 38.1 Å². The van der Waals surface area contributed by atoms with Gasteiger partial charge >= 0.3 is 0 Å². The summed E-state index contributed by atoms with van der Waals surface area (Å²) in [4.78, 5) is 4.07. The number of rotatable bonds is 6. The summed E-state index contributed by atoms with van der Waals surface area (Å²) in [6, 6.07) is 8.80. The number of nitrogens with zero attached hydrogens (tertiary/aromatic N) is 2. The van der Waals surface area contributed by atoms with E-state index in [1.54, 1.807) is 0 Å². The minimum absolute atomic E-state index is 0.709. The zero-order valence-corrected chi connectivity index (χ0v) is 11.0. The molecule has 0 atom stereocenters. The molecule has 0 aliphatic heterocycles. The van der Waals surface area contributed by atoms with Crippen LogP contribution in [-0.2, 0) is 19.5 Å². The summed E-state index contributed by atoms with van der Waals surface area (Å²) in [5.74, 6) is 1.58. The predicted octanol–water partition coefficient (Wildman–Crippen LogP) is 2.29. The van der Waals surface area contributed by atoms with Crippen molar-refractivity contribution in [3.8, 4) is 0 Å². The van der Waals surface area contributed by atoms with Gasteiger partial charge in [0.1, 0.15) is 12.2 Å². The molecule has 2 N–H and O–H groups in total. The van der Waals surface area contributed by atoms with Gasteiger partial charge in [-0.25, -0.2) is 4.98 Å². The third kappa shape index (κ3) is 3.96. The molecular weight excluding hydrogens is 224 g/mol. The van der Waals surface area contributed by atoms with Crippen LogP contribution in [0.4, 0.5) is 0 Å². The molecule has 18 heavy (non-hydrogen) atoms. The standard InChI is InChI=1S/C14H20N4/c1-11(2)7-12-3-5-13(6-4-12)8-15-9-14-16-10-17-18-14/h3-6,10-11,15H,7-9H2,1-2H3,(H,16,17,18). The molecule has 0 saturated carbocycles. The Morgan fingerprint density at radius 1 is 1.11 bits per heavy atom. The molecule has 0 aliphatic carbocycles. The number of aromatic nitrogens is 3. The molecule has 0 aliphatic rings. The third-order valence-electron chi connectivity index (χ3n) is 2.75. The number of hydrogen-bond donors (Lipinski definition) is 2. The summed E-state index contributed by atoms with van der Waals surface area (Å²) in [7, 11) is 0. The monoisotopic (exact) mass is 244 g/mol. The van der Waals surface area contributed by atoms with Crippen molar-refractivity contribution in [3.05, 3.63) is 47.5 Å². The van der Waals surface area contributed by atoms with Crippen LogP contribution in [0.2, 0.25) is 0 Å². The van der Waals surface area contributed by atoms with Crippen molar-refractivity contribution in [2.24, 2.45) is 5.92 Å². The first-order chi connectivity index (χ1) is 8.74. The molecule has 4 heteroatoms. The van der Waals surface area contributed by atoms with E-state index < -0.39 is 0 Å². The van der Waals surface area contributed by atoms with E-state index in [4.69, 9.17) is 0 Å². The topological polar surface area (TPSA) is 53.6 Å². The van der Waals surface area contributed by atoms with Crippen molar-refractivity contribution in [1.82, 2.24) is 20.5 Å². The van der Waals surface area contributed by atoms with Crippen molar-refractivity contribution in [2.45, 2.75) is 33.4 Å². The van der Waals surface area contributed by atoms with E-state index in [0.717, 1.165) is 18.8 Å². The fourth-order valence-corrected chi connectivity index (χ4v) is 1.91. The second-order valence-electron chi connectivity index (χ2n) is 4.95. The van der Waals surface area contributed by atoms with Crippen molar-refractivity contribution in [2.75, 3.05) is 0 Å². The quantitative estimate of drug-likeness (QED) is 0.819. The van der Waals surface area contributed by atoms with Gasteiger partial charge in [0.25, 0.3) is 0 Å². The Labute approximate surface area is 108 Å². The van der Waals surface area contributed by atoms with Gasteiger partial charge in [-0.3, -0.25) is 5.10 Å². The minimum atomic E-state index is 0.709. The Morgan fingerprint density at radius 2 is 1.83 bits per heavy atom. The lowest BCUT2D eigenvalue weighted by atomic mass is 10.0. The van der Waals surface area contributed by atoms with Gasteiger partial charge in [-0.2, -0.15) is 5.10 Å². The van der Waals surface area contributed by atoms with Gasteiger partial charge in [0.15, 0.2) is 0 Å². The maximum atomic E-state index is 4.07. The fourth-order valence-electron chi connectivity index (χ4n) is 1.91. The highest BCUT2D eigenvalue weighted by Gasteiger charge is 1.99. The summed E-state index contributed by atoms with van der Waals surface area (Å²) >= 11 is 0. The highest BCUT2D eigenvalue weighted by atomic mass is 15.2. The summed E-state index contributed by atoms with van der Waals surface area (Å²) in [6.07, 6.45) is 2.67. The highest BCUT2D eigenvalue weighted by molar-refractivity contribution is 5.22. The Morgan fingerprint density at radius 3 is 2.44 bits per heavy atom. The Hall–Kier alpha value is -1.68.